The van der Waals surface area contributed by atoms with Crippen LogP contribution in [0, 0.1) is 24.7 Å². The number of thiazole rings is 1. The van der Waals surface area contributed by atoms with Crippen molar-refractivity contribution in [1.29, 1.82) is 0 Å². The Labute approximate surface area is 151 Å². The van der Waals surface area contributed by atoms with Crippen molar-refractivity contribution in [1.82, 2.24) is 4.98 Å². The number of aromatic nitrogens is 1. The van der Waals surface area contributed by atoms with E-state index in [-0.39, 0.29) is 11.9 Å². The number of hydrogen-bond acceptors (Lipinski definition) is 6. The highest BCUT2D eigenvalue weighted by Gasteiger charge is 2.46. The van der Waals surface area contributed by atoms with Crippen molar-refractivity contribution >= 4 is 22.4 Å². The highest BCUT2D eigenvalue weighted by Crippen LogP contribution is 2.44. The van der Waals surface area contributed by atoms with Gasteiger partial charge in [-0.3, -0.25) is 4.79 Å². The number of aryl methyl sites for hydroxylation is 1. The van der Waals surface area contributed by atoms with Crippen molar-refractivity contribution in [3.05, 3.63) is 29.1 Å². The lowest BCUT2D eigenvalue weighted by Crippen LogP contribution is -2.45. The van der Waals surface area contributed by atoms with Crippen molar-refractivity contribution in [2.75, 3.05) is 25.1 Å². The molecule has 2 unspecified atom stereocenters. The van der Waals surface area contributed by atoms with Gasteiger partial charge in [0.25, 0.3) is 0 Å². The molecule has 5 nitrogen and oxygen atoms in total. The number of para-hydroxylation sites is 1. The number of phenolic OH excluding ortho intramolecular Hbond substituents is 1. The Bertz CT molecular complexity index is 790. The zero-order chi connectivity index (χ0) is 17.6. The Morgan fingerprint density at radius 3 is 2.72 bits per heavy atom. The lowest BCUT2D eigenvalue weighted by Gasteiger charge is -2.36. The molecule has 1 aromatic heterocycles. The highest BCUT2D eigenvalue weighted by molar-refractivity contribution is 7.14. The first-order valence-corrected chi connectivity index (χ1v) is 9.53. The van der Waals surface area contributed by atoms with Crippen LogP contribution in [0.3, 0.4) is 0 Å². The minimum atomic E-state index is -0.0586. The average Bonchev–Trinajstić information content (AvgIpc) is 3.20. The Morgan fingerprint density at radius 2 is 2.04 bits per heavy atom. The zero-order valence-corrected chi connectivity index (χ0v) is 15.3. The largest absolute Gasteiger partial charge is 0.507 e. The van der Waals surface area contributed by atoms with Gasteiger partial charge >= 0.3 is 5.97 Å². The number of fused-ring (bicyclic) bond motifs is 2. The number of carbonyl (C=O) groups is 1. The number of carbonyl (C=O) groups excluding carboxylic acids is 1. The fraction of sp³-hybridized carbons (Fsp3) is 0.474. The molecule has 1 aliphatic carbocycles. The molecule has 2 heterocycles. The maximum Gasteiger partial charge on any atom is 0.309 e. The van der Waals surface area contributed by atoms with Crippen LogP contribution in [0.2, 0.25) is 0 Å². The van der Waals surface area contributed by atoms with Crippen molar-refractivity contribution in [2.24, 2.45) is 17.8 Å². The van der Waals surface area contributed by atoms with Gasteiger partial charge in [-0.25, -0.2) is 4.98 Å². The van der Waals surface area contributed by atoms with E-state index in [1.807, 2.05) is 30.5 Å². The van der Waals surface area contributed by atoms with E-state index in [0.29, 0.717) is 17.6 Å². The summed E-state index contributed by atoms with van der Waals surface area (Å²) in [7, 11) is 1.48. The van der Waals surface area contributed by atoms with Crippen LogP contribution in [0.1, 0.15) is 18.4 Å². The smallest absolute Gasteiger partial charge is 0.309 e. The topological polar surface area (TPSA) is 62.7 Å². The molecular formula is C19H22N2O3S. The summed E-state index contributed by atoms with van der Waals surface area (Å²) >= 11 is 1.60. The van der Waals surface area contributed by atoms with Crippen LogP contribution >= 0.6 is 11.3 Å². The number of anilines is 1. The van der Waals surface area contributed by atoms with E-state index in [1.165, 1.54) is 7.11 Å². The first-order valence-electron chi connectivity index (χ1n) is 8.65. The molecule has 1 saturated carbocycles. The molecular weight excluding hydrogens is 336 g/mol. The molecule has 2 fully saturated rings. The molecule has 1 aliphatic heterocycles. The van der Waals surface area contributed by atoms with Gasteiger partial charge in [0.15, 0.2) is 5.13 Å². The minimum absolute atomic E-state index is 0.0431. The average molecular weight is 358 g/mol. The van der Waals surface area contributed by atoms with Gasteiger partial charge in [-0.05, 0) is 43.2 Å². The number of phenols is 1. The van der Waals surface area contributed by atoms with Crippen LogP contribution in [-0.4, -0.2) is 36.3 Å². The lowest BCUT2D eigenvalue weighted by molar-refractivity contribution is -0.148. The van der Waals surface area contributed by atoms with Crippen LogP contribution in [-0.2, 0) is 9.53 Å². The molecule has 1 N–H and O–H groups in total. The second-order valence-electron chi connectivity index (χ2n) is 7.04. The van der Waals surface area contributed by atoms with Gasteiger partial charge < -0.3 is 14.7 Å². The number of piperidine rings is 1. The predicted molar refractivity (Wildman–Crippen MR) is 97.9 cm³/mol. The first-order chi connectivity index (χ1) is 12.1. The van der Waals surface area contributed by atoms with E-state index < -0.39 is 0 Å². The van der Waals surface area contributed by atoms with Crippen molar-refractivity contribution < 1.29 is 14.6 Å². The van der Waals surface area contributed by atoms with Crippen LogP contribution in [0.25, 0.3) is 11.3 Å². The molecule has 2 aliphatic rings. The molecule has 2 atom stereocenters. The van der Waals surface area contributed by atoms with Gasteiger partial charge in [0.05, 0.1) is 18.7 Å². The van der Waals surface area contributed by atoms with E-state index in [2.05, 4.69) is 4.90 Å². The molecule has 1 saturated heterocycles. The van der Waals surface area contributed by atoms with Gasteiger partial charge in [0.2, 0.25) is 0 Å². The predicted octanol–water partition coefficient (Wildman–Crippen LogP) is 3.46. The zero-order valence-electron chi connectivity index (χ0n) is 14.4. The summed E-state index contributed by atoms with van der Waals surface area (Å²) in [5, 5.41) is 13.3. The lowest BCUT2D eigenvalue weighted by atomic mass is 9.85. The number of aromatic hydroxyl groups is 1. The Kier molecular flexibility index (Phi) is 4.15. The number of methoxy groups -OCH3 is 1. The monoisotopic (exact) mass is 358 g/mol. The number of hydrogen-bond donors (Lipinski definition) is 1. The summed E-state index contributed by atoms with van der Waals surface area (Å²) in [6.07, 6.45) is 2.16. The first kappa shape index (κ1) is 16.4. The quantitative estimate of drug-likeness (QED) is 0.852. The third-order valence-electron chi connectivity index (χ3n) is 5.58. The maximum atomic E-state index is 12.0. The third kappa shape index (κ3) is 2.78. The number of esters is 1. The molecule has 4 rings (SSSR count). The van der Waals surface area contributed by atoms with E-state index in [1.54, 1.807) is 11.3 Å². The fourth-order valence-corrected chi connectivity index (χ4v) is 5.14. The summed E-state index contributed by atoms with van der Waals surface area (Å²) in [6, 6.07) is 5.72. The van der Waals surface area contributed by atoms with Crippen molar-refractivity contribution in [2.45, 2.75) is 19.8 Å². The Balaban J connectivity index is 1.56. The fourth-order valence-electron chi connectivity index (χ4n) is 4.30. The van der Waals surface area contributed by atoms with E-state index in [9.17, 15) is 9.90 Å². The van der Waals surface area contributed by atoms with E-state index in [0.717, 1.165) is 47.9 Å². The van der Waals surface area contributed by atoms with Crippen LogP contribution < -0.4 is 4.90 Å². The standard InChI is InChI=1S/C19H22N2O3S/c1-11-4-3-5-14(17(11)22)15-10-25-19(20-15)21-8-12-6-7-13(9-21)16(12)18(23)24-2/h3-5,10,12-13,16,22H,6-9H2,1-2H3. The second-order valence-corrected chi connectivity index (χ2v) is 7.87. The highest BCUT2D eigenvalue weighted by atomic mass is 32.1. The molecule has 2 bridgehead atoms. The summed E-state index contributed by atoms with van der Waals surface area (Å²) in [5.74, 6) is 0.985. The summed E-state index contributed by atoms with van der Waals surface area (Å²) in [5.41, 5.74) is 2.43. The van der Waals surface area contributed by atoms with Gasteiger partial charge in [-0.2, -0.15) is 0 Å². The number of nitrogens with zero attached hydrogens (tertiary/aromatic N) is 2. The molecule has 1 aromatic carbocycles. The molecule has 6 heteroatoms. The summed E-state index contributed by atoms with van der Waals surface area (Å²) in [4.78, 5) is 19.1. The van der Waals surface area contributed by atoms with Gasteiger partial charge in [-0.1, -0.05) is 12.1 Å². The molecule has 25 heavy (non-hydrogen) atoms. The van der Waals surface area contributed by atoms with Crippen molar-refractivity contribution in [3.63, 3.8) is 0 Å². The summed E-state index contributed by atoms with van der Waals surface area (Å²) in [6.45, 7) is 3.59. The molecule has 0 spiro atoms. The SMILES string of the molecule is COC(=O)C1C2CCC1CN(c1nc(-c3cccc(C)c3O)cs1)C2. The van der Waals surface area contributed by atoms with Gasteiger partial charge in [-0.15, -0.1) is 11.3 Å². The summed E-state index contributed by atoms with van der Waals surface area (Å²) < 4.78 is 5.00. The van der Waals surface area contributed by atoms with Gasteiger partial charge in [0, 0.05) is 24.0 Å². The minimum Gasteiger partial charge on any atom is -0.507 e. The molecule has 0 amide bonds. The van der Waals surface area contributed by atoms with E-state index >= 15 is 0 Å². The van der Waals surface area contributed by atoms with Crippen LogP contribution in [0.15, 0.2) is 23.6 Å². The molecule has 2 aromatic rings. The van der Waals surface area contributed by atoms with Crippen molar-refractivity contribution in [3.8, 4) is 17.0 Å². The molecule has 132 valence electrons. The number of rotatable bonds is 3. The molecule has 0 radical (unpaired) electrons. The number of benzene rings is 1. The normalized spacial score (nSPS) is 25.2. The van der Waals surface area contributed by atoms with Crippen LogP contribution in [0.4, 0.5) is 5.13 Å². The Morgan fingerprint density at radius 1 is 1.32 bits per heavy atom. The maximum absolute atomic E-state index is 12.0. The van der Waals surface area contributed by atoms with Gasteiger partial charge in [0.1, 0.15) is 5.75 Å². The third-order valence-corrected chi connectivity index (χ3v) is 6.48. The number of ether oxygens (including phenoxy) is 1. The van der Waals surface area contributed by atoms with E-state index in [4.69, 9.17) is 9.72 Å². The van der Waals surface area contributed by atoms with Crippen LogP contribution in [0.5, 0.6) is 5.75 Å². The second kappa shape index (κ2) is 6.33. The Hall–Kier alpha value is -2.08.